The Labute approximate surface area is 166 Å². The largest absolute Gasteiger partial charge is 0.417 e. The first-order valence-corrected chi connectivity index (χ1v) is 8.51. The summed E-state index contributed by atoms with van der Waals surface area (Å²) in [5.41, 5.74) is -2.51. The average Bonchev–Trinajstić information content (AvgIpc) is 2.61. The lowest BCUT2D eigenvalue weighted by molar-refractivity contribution is -0.140. The van der Waals surface area contributed by atoms with Gasteiger partial charge in [0.2, 0.25) is 0 Å². The summed E-state index contributed by atoms with van der Waals surface area (Å²) < 4.78 is 94.3. The van der Waals surface area contributed by atoms with Crippen molar-refractivity contribution < 1.29 is 35.5 Å². The fraction of sp³-hybridized carbons (Fsp3) is 0.250. The summed E-state index contributed by atoms with van der Waals surface area (Å²) in [7, 11) is 0. The SMILES string of the molecule is Cc1cc(C(/C=C(\F)c2ccc(C=O)c(C(F)(F)F)c2)C(F)(F)F)cc(C)c1Cl. The molecule has 29 heavy (non-hydrogen) atoms. The summed E-state index contributed by atoms with van der Waals surface area (Å²) in [5.74, 6) is -3.90. The van der Waals surface area contributed by atoms with Gasteiger partial charge in [-0.15, -0.1) is 0 Å². The summed E-state index contributed by atoms with van der Waals surface area (Å²) in [6.07, 6.45) is -9.73. The van der Waals surface area contributed by atoms with E-state index in [1.54, 1.807) is 0 Å². The van der Waals surface area contributed by atoms with Gasteiger partial charge in [-0.1, -0.05) is 35.9 Å². The molecular formula is C20H14ClF7O. The predicted octanol–water partition coefficient (Wildman–Crippen LogP) is 7.44. The lowest BCUT2D eigenvalue weighted by Gasteiger charge is -2.20. The quantitative estimate of drug-likeness (QED) is 0.358. The molecule has 1 atom stereocenters. The second-order valence-corrected chi connectivity index (χ2v) is 6.80. The topological polar surface area (TPSA) is 17.1 Å². The van der Waals surface area contributed by atoms with Crippen molar-refractivity contribution in [1.29, 1.82) is 0 Å². The molecule has 2 aromatic rings. The molecule has 0 amide bonds. The van der Waals surface area contributed by atoms with E-state index in [0.29, 0.717) is 23.3 Å². The van der Waals surface area contributed by atoms with Crippen molar-refractivity contribution in [3.8, 4) is 0 Å². The first-order chi connectivity index (χ1) is 13.3. The molecule has 0 fully saturated rings. The normalized spacial score (nSPS) is 14.1. The minimum atomic E-state index is -4.97. The zero-order chi connectivity index (χ0) is 22.1. The van der Waals surface area contributed by atoms with E-state index in [9.17, 15) is 35.5 Å². The van der Waals surface area contributed by atoms with Gasteiger partial charge in [-0.2, -0.15) is 26.3 Å². The molecule has 0 saturated heterocycles. The third kappa shape index (κ3) is 5.18. The van der Waals surface area contributed by atoms with Gasteiger partial charge in [0.25, 0.3) is 0 Å². The number of aryl methyl sites for hydroxylation is 2. The van der Waals surface area contributed by atoms with Crippen molar-refractivity contribution in [2.24, 2.45) is 0 Å². The summed E-state index contributed by atoms with van der Waals surface area (Å²) in [5, 5.41) is 0.262. The number of aldehydes is 1. The van der Waals surface area contributed by atoms with Gasteiger partial charge in [0, 0.05) is 16.1 Å². The van der Waals surface area contributed by atoms with E-state index in [0.717, 1.165) is 18.2 Å². The Kier molecular flexibility index (Phi) is 6.47. The molecule has 0 aliphatic rings. The minimum absolute atomic E-state index is 0.0635. The summed E-state index contributed by atoms with van der Waals surface area (Å²) in [4.78, 5) is 10.8. The lowest BCUT2D eigenvalue weighted by Crippen LogP contribution is -2.19. The maximum absolute atomic E-state index is 14.6. The van der Waals surface area contributed by atoms with Crippen LogP contribution in [0, 0.1) is 13.8 Å². The van der Waals surface area contributed by atoms with Crippen molar-refractivity contribution >= 4 is 23.7 Å². The van der Waals surface area contributed by atoms with Crippen molar-refractivity contribution in [3.63, 3.8) is 0 Å². The van der Waals surface area contributed by atoms with Crippen LogP contribution in [0.1, 0.15) is 44.1 Å². The molecule has 2 aromatic carbocycles. The molecule has 0 bridgehead atoms. The maximum atomic E-state index is 14.6. The Morgan fingerprint density at radius 3 is 2.00 bits per heavy atom. The standard InChI is InChI=1S/C20H14ClF7O/c1-10-5-14(6-11(2)18(10)21)16(20(26,27)28)8-17(22)12-3-4-13(9-29)15(7-12)19(23,24)25/h3-9,16H,1-2H3/b17-8-. The molecule has 0 radical (unpaired) electrons. The second-order valence-electron chi connectivity index (χ2n) is 6.42. The van der Waals surface area contributed by atoms with Gasteiger partial charge in [0.15, 0.2) is 6.29 Å². The Hall–Kier alpha value is -2.35. The third-order valence-electron chi connectivity index (χ3n) is 4.24. The van der Waals surface area contributed by atoms with E-state index in [-0.39, 0.29) is 22.9 Å². The van der Waals surface area contributed by atoms with Crippen molar-refractivity contribution in [1.82, 2.24) is 0 Å². The Balaban J connectivity index is 2.60. The molecule has 0 N–H and O–H groups in total. The van der Waals surface area contributed by atoms with Crippen LogP contribution >= 0.6 is 11.6 Å². The predicted molar refractivity (Wildman–Crippen MR) is 95.6 cm³/mol. The van der Waals surface area contributed by atoms with Gasteiger partial charge in [-0.3, -0.25) is 4.79 Å². The van der Waals surface area contributed by atoms with Gasteiger partial charge in [0.1, 0.15) is 11.7 Å². The first-order valence-electron chi connectivity index (χ1n) is 8.13. The van der Waals surface area contributed by atoms with Crippen molar-refractivity contribution in [2.75, 3.05) is 0 Å². The number of hydrogen-bond donors (Lipinski definition) is 0. The second kappa shape index (κ2) is 8.18. The molecule has 0 aliphatic heterocycles. The van der Waals surface area contributed by atoms with Crippen LogP contribution in [0.15, 0.2) is 36.4 Å². The van der Waals surface area contributed by atoms with Crippen LogP contribution in [0.4, 0.5) is 30.7 Å². The number of halogens is 8. The average molecular weight is 439 g/mol. The fourth-order valence-electron chi connectivity index (χ4n) is 2.83. The van der Waals surface area contributed by atoms with Gasteiger partial charge in [0.05, 0.1) is 5.56 Å². The van der Waals surface area contributed by atoms with E-state index in [2.05, 4.69) is 0 Å². The van der Waals surface area contributed by atoms with Crippen LogP contribution in [0.25, 0.3) is 5.83 Å². The monoisotopic (exact) mass is 438 g/mol. The zero-order valence-electron chi connectivity index (χ0n) is 15.1. The van der Waals surface area contributed by atoms with E-state index < -0.39 is 40.8 Å². The third-order valence-corrected chi connectivity index (χ3v) is 4.84. The lowest BCUT2D eigenvalue weighted by atomic mass is 9.93. The molecule has 0 spiro atoms. The molecule has 0 aliphatic carbocycles. The van der Waals surface area contributed by atoms with Crippen LogP contribution in [0.3, 0.4) is 0 Å². The molecule has 0 heterocycles. The first kappa shape index (κ1) is 22.9. The number of benzene rings is 2. The fourth-order valence-corrected chi connectivity index (χ4v) is 2.94. The highest BCUT2D eigenvalue weighted by atomic mass is 35.5. The molecule has 9 heteroatoms. The van der Waals surface area contributed by atoms with Gasteiger partial charge in [-0.25, -0.2) is 4.39 Å². The van der Waals surface area contributed by atoms with Gasteiger partial charge < -0.3 is 0 Å². The molecule has 156 valence electrons. The van der Waals surface area contributed by atoms with E-state index in [1.165, 1.54) is 13.8 Å². The number of hydrogen-bond acceptors (Lipinski definition) is 1. The molecule has 2 rings (SSSR count). The van der Waals surface area contributed by atoms with Gasteiger partial charge in [-0.05, 0) is 42.7 Å². The summed E-state index contributed by atoms with van der Waals surface area (Å²) >= 11 is 5.95. The molecule has 1 nitrogen and oxygen atoms in total. The maximum Gasteiger partial charge on any atom is 0.417 e. The summed E-state index contributed by atoms with van der Waals surface area (Å²) in [6, 6.07) is 4.12. The molecule has 0 aromatic heterocycles. The molecule has 1 unspecified atom stereocenters. The molecule has 0 saturated carbocycles. The van der Waals surface area contributed by atoms with E-state index >= 15 is 0 Å². The van der Waals surface area contributed by atoms with Crippen molar-refractivity contribution in [2.45, 2.75) is 32.1 Å². The Bertz CT molecular complexity index is 935. The minimum Gasteiger partial charge on any atom is -0.298 e. The zero-order valence-corrected chi connectivity index (χ0v) is 15.8. The molecular weight excluding hydrogens is 425 g/mol. The highest BCUT2D eigenvalue weighted by molar-refractivity contribution is 6.32. The number of carbonyl (C=O) groups excluding carboxylic acids is 1. The Morgan fingerprint density at radius 1 is 1.00 bits per heavy atom. The highest BCUT2D eigenvalue weighted by Crippen LogP contribution is 2.41. The van der Waals surface area contributed by atoms with E-state index in [1.807, 2.05) is 0 Å². The van der Waals surface area contributed by atoms with Crippen LogP contribution in [-0.4, -0.2) is 12.5 Å². The van der Waals surface area contributed by atoms with Crippen molar-refractivity contribution in [3.05, 3.63) is 74.8 Å². The summed E-state index contributed by atoms with van der Waals surface area (Å²) in [6.45, 7) is 2.97. The number of carbonyl (C=O) groups is 1. The van der Waals surface area contributed by atoms with Crippen LogP contribution in [0.5, 0.6) is 0 Å². The highest BCUT2D eigenvalue weighted by Gasteiger charge is 2.40. The number of alkyl halides is 6. The van der Waals surface area contributed by atoms with Crippen LogP contribution in [0.2, 0.25) is 5.02 Å². The smallest absolute Gasteiger partial charge is 0.298 e. The number of allylic oxidation sites excluding steroid dienone is 1. The van der Waals surface area contributed by atoms with Crippen LogP contribution < -0.4 is 0 Å². The van der Waals surface area contributed by atoms with Gasteiger partial charge >= 0.3 is 12.4 Å². The Morgan fingerprint density at radius 2 is 1.55 bits per heavy atom. The number of rotatable bonds is 4. The van der Waals surface area contributed by atoms with E-state index in [4.69, 9.17) is 11.6 Å². The van der Waals surface area contributed by atoms with Crippen LogP contribution in [-0.2, 0) is 6.18 Å².